The summed E-state index contributed by atoms with van der Waals surface area (Å²) in [5, 5.41) is 12.3. The molecule has 1 aromatic rings. The number of nitrogens with one attached hydrogen (secondary N) is 1. The predicted octanol–water partition coefficient (Wildman–Crippen LogP) is 1.48. The van der Waals surface area contributed by atoms with Gasteiger partial charge >= 0.3 is 6.18 Å². The van der Waals surface area contributed by atoms with Gasteiger partial charge in [0.25, 0.3) is 0 Å². The van der Waals surface area contributed by atoms with Crippen LogP contribution in [0.15, 0.2) is 30.3 Å². The predicted molar refractivity (Wildman–Crippen MR) is 83.6 cm³/mol. The van der Waals surface area contributed by atoms with Crippen LogP contribution < -0.4 is 11.1 Å². The lowest BCUT2D eigenvalue weighted by molar-refractivity contribution is -0.264. The molecule has 0 saturated carbocycles. The quantitative estimate of drug-likeness (QED) is 0.751. The fraction of sp³-hybridized carbons (Fsp3) is 0.533. The Bertz CT molecular complexity index is 551. The highest BCUT2D eigenvalue weighted by atomic mass is 35.5. The van der Waals surface area contributed by atoms with Crippen molar-refractivity contribution in [2.24, 2.45) is 5.73 Å². The maximum Gasteiger partial charge on any atom is 0.423 e. The Morgan fingerprint density at radius 2 is 1.79 bits per heavy atom. The third kappa shape index (κ3) is 4.18. The van der Waals surface area contributed by atoms with Crippen LogP contribution >= 0.6 is 12.4 Å². The van der Waals surface area contributed by atoms with Gasteiger partial charge in [0, 0.05) is 13.2 Å². The average Bonchev–Trinajstić information content (AvgIpc) is 2.52. The van der Waals surface area contributed by atoms with E-state index in [9.17, 15) is 23.1 Å². The summed E-state index contributed by atoms with van der Waals surface area (Å²) in [6.45, 7) is -0.461. The highest BCUT2D eigenvalue weighted by Crippen LogP contribution is 2.38. The molecule has 24 heavy (non-hydrogen) atoms. The second kappa shape index (κ2) is 7.69. The van der Waals surface area contributed by atoms with Gasteiger partial charge in [0.15, 0.2) is 0 Å². The SMILES string of the molecule is Cl.NC1(C(=O)NCC(O)(c2ccccc2)C(F)(F)F)CCOCC1. The molecule has 0 bridgehead atoms. The monoisotopic (exact) mass is 368 g/mol. The molecule has 1 saturated heterocycles. The largest absolute Gasteiger partial charge is 0.423 e. The molecule has 1 atom stereocenters. The van der Waals surface area contributed by atoms with Crippen LogP contribution in [0.2, 0.25) is 0 Å². The van der Waals surface area contributed by atoms with E-state index < -0.39 is 29.8 Å². The lowest BCUT2D eigenvalue weighted by atomic mass is 9.89. The van der Waals surface area contributed by atoms with Gasteiger partial charge in [0.2, 0.25) is 11.5 Å². The molecule has 9 heteroatoms. The number of amides is 1. The topological polar surface area (TPSA) is 84.6 Å². The number of carbonyl (C=O) groups excluding carboxylic acids is 1. The molecule has 5 nitrogen and oxygen atoms in total. The van der Waals surface area contributed by atoms with Crippen LogP contribution in [0, 0.1) is 0 Å². The van der Waals surface area contributed by atoms with Crippen LogP contribution in [0.5, 0.6) is 0 Å². The van der Waals surface area contributed by atoms with Crippen molar-refractivity contribution in [1.29, 1.82) is 0 Å². The summed E-state index contributed by atoms with van der Waals surface area (Å²) in [4.78, 5) is 12.2. The Hall–Kier alpha value is -1.35. The Balaban J connectivity index is 0.00000288. The molecule has 1 heterocycles. The molecule has 0 aromatic heterocycles. The van der Waals surface area contributed by atoms with Crippen molar-refractivity contribution in [3.05, 3.63) is 35.9 Å². The summed E-state index contributed by atoms with van der Waals surface area (Å²) in [6, 6.07) is 6.63. The molecule has 0 aliphatic carbocycles. The van der Waals surface area contributed by atoms with Crippen LogP contribution in [-0.4, -0.2) is 42.5 Å². The van der Waals surface area contributed by atoms with E-state index in [0.29, 0.717) is 0 Å². The third-order valence-corrected chi connectivity index (χ3v) is 4.06. The molecule has 1 aromatic carbocycles. The second-order valence-corrected chi connectivity index (χ2v) is 5.68. The summed E-state index contributed by atoms with van der Waals surface area (Å²) in [6.07, 6.45) is -4.51. The molecule has 1 aliphatic rings. The van der Waals surface area contributed by atoms with E-state index in [1.54, 1.807) is 0 Å². The van der Waals surface area contributed by atoms with Crippen molar-refractivity contribution >= 4 is 18.3 Å². The molecule has 2 rings (SSSR count). The number of nitrogens with two attached hydrogens (primary N) is 1. The van der Waals surface area contributed by atoms with E-state index in [1.165, 1.54) is 18.2 Å². The van der Waals surface area contributed by atoms with Crippen molar-refractivity contribution in [2.45, 2.75) is 30.2 Å². The van der Waals surface area contributed by atoms with Gasteiger partial charge in [0.05, 0.1) is 12.1 Å². The van der Waals surface area contributed by atoms with E-state index >= 15 is 0 Å². The van der Waals surface area contributed by atoms with Crippen molar-refractivity contribution in [3.63, 3.8) is 0 Å². The van der Waals surface area contributed by atoms with Crippen LogP contribution in [0.1, 0.15) is 18.4 Å². The molecule has 0 spiro atoms. The number of hydrogen-bond donors (Lipinski definition) is 3. The number of halogens is 4. The van der Waals surface area contributed by atoms with Crippen molar-refractivity contribution in [1.82, 2.24) is 5.32 Å². The molecule has 136 valence electrons. The van der Waals surface area contributed by atoms with Gasteiger partial charge in [-0.25, -0.2) is 0 Å². The molecular formula is C15H20ClF3N2O3. The molecule has 1 fully saturated rings. The second-order valence-electron chi connectivity index (χ2n) is 5.68. The normalized spacial score (nSPS) is 19.7. The zero-order chi connectivity index (χ0) is 17.1. The molecular weight excluding hydrogens is 349 g/mol. The summed E-state index contributed by atoms with van der Waals surface area (Å²) in [7, 11) is 0. The maximum atomic E-state index is 13.3. The number of aliphatic hydroxyl groups is 1. The minimum Gasteiger partial charge on any atom is -0.381 e. The Morgan fingerprint density at radius 1 is 1.25 bits per heavy atom. The number of carbonyl (C=O) groups is 1. The molecule has 1 unspecified atom stereocenters. The molecule has 1 aliphatic heterocycles. The fourth-order valence-electron chi connectivity index (χ4n) is 2.43. The van der Waals surface area contributed by atoms with Gasteiger partial charge in [0.1, 0.15) is 0 Å². The van der Waals surface area contributed by atoms with E-state index in [4.69, 9.17) is 10.5 Å². The number of benzene rings is 1. The molecule has 0 radical (unpaired) electrons. The number of alkyl halides is 3. The van der Waals surface area contributed by atoms with Crippen LogP contribution in [0.4, 0.5) is 13.2 Å². The lowest BCUT2D eigenvalue weighted by Gasteiger charge is -2.35. The molecule has 4 N–H and O–H groups in total. The smallest absolute Gasteiger partial charge is 0.381 e. The first-order valence-electron chi connectivity index (χ1n) is 7.19. The van der Waals surface area contributed by atoms with Gasteiger partial charge in [-0.1, -0.05) is 30.3 Å². The van der Waals surface area contributed by atoms with Gasteiger partial charge in [-0.2, -0.15) is 13.2 Å². The standard InChI is InChI=1S/C15H19F3N2O3.ClH/c16-15(17,18)14(22,11-4-2-1-3-5-11)10-20-12(21)13(19)6-8-23-9-7-13;/h1-5,22H,6-10,19H2,(H,20,21);1H. The Labute approximate surface area is 143 Å². The maximum absolute atomic E-state index is 13.3. The lowest BCUT2D eigenvalue weighted by Crippen LogP contribution is -2.60. The first-order chi connectivity index (χ1) is 10.7. The van der Waals surface area contributed by atoms with Gasteiger partial charge < -0.3 is 20.9 Å². The zero-order valence-electron chi connectivity index (χ0n) is 12.8. The minimum absolute atomic E-state index is 0. The van der Waals surface area contributed by atoms with Crippen LogP contribution in [0.3, 0.4) is 0 Å². The van der Waals surface area contributed by atoms with E-state index in [-0.39, 0.29) is 44.0 Å². The van der Waals surface area contributed by atoms with Crippen molar-refractivity contribution < 1.29 is 27.8 Å². The first-order valence-corrected chi connectivity index (χ1v) is 7.19. The minimum atomic E-state index is -4.95. The third-order valence-electron chi connectivity index (χ3n) is 4.06. The van der Waals surface area contributed by atoms with E-state index in [2.05, 4.69) is 5.32 Å². The number of hydrogen-bond acceptors (Lipinski definition) is 4. The number of ether oxygens (including phenoxy) is 1. The Kier molecular flexibility index (Phi) is 6.63. The summed E-state index contributed by atoms with van der Waals surface area (Å²) < 4.78 is 45.1. The number of rotatable bonds is 4. The van der Waals surface area contributed by atoms with Crippen LogP contribution in [0.25, 0.3) is 0 Å². The summed E-state index contributed by atoms with van der Waals surface area (Å²) in [5.74, 6) is -0.723. The fourth-order valence-corrected chi connectivity index (χ4v) is 2.43. The van der Waals surface area contributed by atoms with E-state index in [1.807, 2.05) is 0 Å². The van der Waals surface area contributed by atoms with Crippen molar-refractivity contribution in [2.75, 3.05) is 19.8 Å². The van der Waals surface area contributed by atoms with Gasteiger partial charge in [-0.15, -0.1) is 12.4 Å². The molecule has 1 amide bonds. The van der Waals surface area contributed by atoms with Crippen LogP contribution in [-0.2, 0) is 15.1 Å². The summed E-state index contributed by atoms with van der Waals surface area (Å²) >= 11 is 0. The van der Waals surface area contributed by atoms with Gasteiger partial charge in [-0.3, -0.25) is 4.79 Å². The average molecular weight is 369 g/mol. The zero-order valence-corrected chi connectivity index (χ0v) is 13.6. The highest BCUT2D eigenvalue weighted by molar-refractivity contribution is 5.86. The summed E-state index contributed by atoms with van der Waals surface area (Å²) in [5.41, 5.74) is 1.13. The highest BCUT2D eigenvalue weighted by Gasteiger charge is 2.55. The first kappa shape index (κ1) is 20.7. The van der Waals surface area contributed by atoms with Gasteiger partial charge in [-0.05, 0) is 18.4 Å². The van der Waals surface area contributed by atoms with E-state index in [0.717, 1.165) is 12.1 Å². The Morgan fingerprint density at radius 3 is 2.29 bits per heavy atom. The van der Waals surface area contributed by atoms with Crippen molar-refractivity contribution in [3.8, 4) is 0 Å².